The molecule has 2 aliphatic rings. The summed E-state index contributed by atoms with van der Waals surface area (Å²) in [6.45, 7) is 1.18. The van der Waals surface area contributed by atoms with Crippen LogP contribution in [0.3, 0.4) is 0 Å². The highest BCUT2D eigenvalue weighted by molar-refractivity contribution is 5.79. The van der Waals surface area contributed by atoms with Crippen molar-refractivity contribution in [3.63, 3.8) is 0 Å². The maximum absolute atomic E-state index is 12.7. The molecule has 116 valence electrons. The summed E-state index contributed by atoms with van der Waals surface area (Å²) in [6.07, 6.45) is 2.43. The molecule has 0 aliphatic carbocycles. The van der Waals surface area contributed by atoms with Crippen LogP contribution in [-0.4, -0.2) is 65.8 Å². The first-order valence-corrected chi connectivity index (χ1v) is 7.26. The van der Waals surface area contributed by atoms with Crippen molar-refractivity contribution in [1.82, 2.24) is 9.80 Å². The van der Waals surface area contributed by atoms with Gasteiger partial charge in [0.15, 0.2) is 0 Å². The fourth-order valence-electron chi connectivity index (χ4n) is 3.41. The van der Waals surface area contributed by atoms with Crippen LogP contribution < -0.4 is 0 Å². The van der Waals surface area contributed by atoms with Gasteiger partial charge in [0, 0.05) is 32.3 Å². The van der Waals surface area contributed by atoms with Gasteiger partial charge in [0.1, 0.15) is 0 Å². The molecule has 0 aromatic rings. The van der Waals surface area contributed by atoms with E-state index < -0.39 is 11.9 Å². The zero-order chi connectivity index (χ0) is 15.4. The first kappa shape index (κ1) is 15.6. The Labute approximate surface area is 124 Å². The molecular weight excluding hydrogens is 274 g/mol. The summed E-state index contributed by atoms with van der Waals surface area (Å²) in [6, 6.07) is 1.71. The van der Waals surface area contributed by atoms with E-state index in [1.165, 1.54) is 0 Å². The second-order valence-corrected chi connectivity index (χ2v) is 5.56. The number of carbonyl (C=O) groups is 2. The molecule has 3 unspecified atom stereocenters. The molecule has 0 aromatic heterocycles. The molecule has 2 fully saturated rings. The normalized spacial score (nSPS) is 26.7. The van der Waals surface area contributed by atoms with Gasteiger partial charge >= 0.3 is 12.0 Å². The third-order valence-electron chi connectivity index (χ3n) is 4.40. The van der Waals surface area contributed by atoms with E-state index in [1.807, 2.05) is 6.07 Å². The number of amides is 2. The standard InChI is InChI=1S/C14H21N3O4/c1-21-8-7-16(6-2-5-15)14(20)17-10-3-4-12(17)11(9-10)13(18)19/h10-12H,2-4,6-9H2,1H3,(H,18,19). The highest BCUT2D eigenvalue weighted by Crippen LogP contribution is 2.42. The van der Waals surface area contributed by atoms with E-state index in [2.05, 4.69) is 0 Å². The van der Waals surface area contributed by atoms with Gasteiger partial charge in [-0.05, 0) is 19.3 Å². The highest BCUT2D eigenvalue weighted by atomic mass is 16.5. The number of carboxylic acids is 1. The smallest absolute Gasteiger partial charge is 0.320 e. The third-order valence-corrected chi connectivity index (χ3v) is 4.40. The minimum Gasteiger partial charge on any atom is -0.481 e. The number of rotatable bonds is 6. The second-order valence-electron chi connectivity index (χ2n) is 5.56. The van der Waals surface area contributed by atoms with Gasteiger partial charge < -0.3 is 19.6 Å². The highest BCUT2D eigenvalue weighted by Gasteiger charge is 2.52. The van der Waals surface area contributed by atoms with Crippen LogP contribution in [0.1, 0.15) is 25.7 Å². The lowest BCUT2D eigenvalue weighted by atomic mass is 9.89. The molecule has 21 heavy (non-hydrogen) atoms. The van der Waals surface area contributed by atoms with Crippen molar-refractivity contribution in [2.24, 2.45) is 5.92 Å². The molecule has 7 heteroatoms. The summed E-state index contributed by atoms with van der Waals surface area (Å²) < 4.78 is 5.00. The van der Waals surface area contributed by atoms with E-state index in [0.29, 0.717) is 26.1 Å². The molecule has 2 amide bonds. The number of carbonyl (C=O) groups excluding carboxylic acids is 1. The van der Waals surface area contributed by atoms with Crippen molar-refractivity contribution >= 4 is 12.0 Å². The van der Waals surface area contributed by atoms with E-state index in [-0.39, 0.29) is 24.5 Å². The molecule has 2 rings (SSSR count). The Balaban J connectivity index is 2.06. The Bertz CT molecular complexity index is 448. The predicted octanol–water partition coefficient (Wildman–Crippen LogP) is 0.906. The molecule has 0 saturated carbocycles. The molecule has 0 spiro atoms. The Morgan fingerprint density at radius 2 is 2.19 bits per heavy atom. The maximum Gasteiger partial charge on any atom is 0.320 e. The van der Waals surface area contributed by atoms with Gasteiger partial charge in [0.05, 0.1) is 25.0 Å². The van der Waals surface area contributed by atoms with Gasteiger partial charge in [0.25, 0.3) is 0 Å². The molecule has 0 aromatic carbocycles. The lowest BCUT2D eigenvalue weighted by Gasteiger charge is -2.30. The number of nitrogens with zero attached hydrogens (tertiary/aromatic N) is 3. The van der Waals surface area contributed by atoms with E-state index >= 15 is 0 Å². The molecule has 0 radical (unpaired) electrons. The zero-order valence-corrected chi connectivity index (χ0v) is 12.2. The van der Waals surface area contributed by atoms with Crippen LogP contribution in [0.2, 0.25) is 0 Å². The summed E-state index contributed by atoms with van der Waals surface area (Å²) in [5, 5.41) is 18.0. The number of nitriles is 1. The van der Waals surface area contributed by atoms with E-state index in [9.17, 15) is 14.7 Å². The van der Waals surface area contributed by atoms with Crippen molar-refractivity contribution < 1.29 is 19.4 Å². The van der Waals surface area contributed by atoms with E-state index in [0.717, 1.165) is 12.8 Å². The van der Waals surface area contributed by atoms with Crippen molar-refractivity contribution in [3.8, 4) is 6.07 Å². The lowest BCUT2D eigenvalue weighted by molar-refractivity contribution is -0.142. The van der Waals surface area contributed by atoms with Gasteiger partial charge in [-0.15, -0.1) is 0 Å². The molecule has 2 aliphatic heterocycles. The van der Waals surface area contributed by atoms with Gasteiger partial charge in [-0.2, -0.15) is 5.26 Å². The number of carboxylic acid groups (broad SMARTS) is 1. The van der Waals surface area contributed by atoms with E-state index in [4.69, 9.17) is 10.00 Å². The summed E-state index contributed by atoms with van der Waals surface area (Å²) >= 11 is 0. The number of aliphatic carboxylic acids is 1. The summed E-state index contributed by atoms with van der Waals surface area (Å²) in [5.41, 5.74) is 0. The monoisotopic (exact) mass is 295 g/mol. The summed E-state index contributed by atoms with van der Waals surface area (Å²) in [4.78, 5) is 27.3. The van der Waals surface area contributed by atoms with Gasteiger partial charge in [0.2, 0.25) is 0 Å². The van der Waals surface area contributed by atoms with Crippen LogP contribution >= 0.6 is 0 Å². The van der Waals surface area contributed by atoms with Gasteiger partial charge in [-0.25, -0.2) is 4.79 Å². The summed E-state index contributed by atoms with van der Waals surface area (Å²) in [5.74, 6) is -1.27. The fourth-order valence-corrected chi connectivity index (χ4v) is 3.41. The fraction of sp³-hybridized carbons (Fsp3) is 0.786. The molecule has 2 bridgehead atoms. The number of hydrogen-bond acceptors (Lipinski definition) is 4. The molecule has 2 heterocycles. The van der Waals surface area contributed by atoms with Crippen molar-refractivity contribution in [2.45, 2.75) is 37.8 Å². The van der Waals surface area contributed by atoms with Crippen molar-refractivity contribution in [2.75, 3.05) is 26.8 Å². The topological polar surface area (TPSA) is 93.9 Å². The third kappa shape index (κ3) is 3.10. The van der Waals surface area contributed by atoms with Gasteiger partial charge in [-0.3, -0.25) is 4.79 Å². The average Bonchev–Trinajstić information content (AvgIpc) is 3.04. The Morgan fingerprint density at radius 1 is 1.43 bits per heavy atom. The van der Waals surface area contributed by atoms with Crippen molar-refractivity contribution in [3.05, 3.63) is 0 Å². The van der Waals surface area contributed by atoms with Crippen LogP contribution in [0.15, 0.2) is 0 Å². The number of hydrogen-bond donors (Lipinski definition) is 1. The van der Waals surface area contributed by atoms with Crippen LogP contribution in [0.4, 0.5) is 4.79 Å². The average molecular weight is 295 g/mol. The SMILES string of the molecule is COCCN(CCC#N)C(=O)N1C2CCC1C(C(=O)O)C2. The molecule has 1 N–H and O–H groups in total. The van der Waals surface area contributed by atoms with Crippen LogP contribution in [0.5, 0.6) is 0 Å². The Morgan fingerprint density at radius 3 is 2.76 bits per heavy atom. The minimum absolute atomic E-state index is 0.0238. The zero-order valence-electron chi connectivity index (χ0n) is 12.2. The van der Waals surface area contributed by atoms with Crippen LogP contribution in [-0.2, 0) is 9.53 Å². The first-order valence-electron chi connectivity index (χ1n) is 7.26. The Hall–Kier alpha value is -1.81. The molecule has 3 atom stereocenters. The number of urea groups is 1. The van der Waals surface area contributed by atoms with Crippen molar-refractivity contribution in [1.29, 1.82) is 5.26 Å². The second kappa shape index (κ2) is 6.76. The van der Waals surface area contributed by atoms with E-state index in [1.54, 1.807) is 16.9 Å². The molecule has 2 saturated heterocycles. The molecule has 7 nitrogen and oxygen atoms in total. The minimum atomic E-state index is -0.819. The first-order chi connectivity index (χ1) is 10.1. The number of methoxy groups -OCH3 is 1. The van der Waals surface area contributed by atoms with Crippen LogP contribution in [0, 0.1) is 17.2 Å². The van der Waals surface area contributed by atoms with Gasteiger partial charge in [-0.1, -0.05) is 0 Å². The predicted molar refractivity (Wildman–Crippen MR) is 73.5 cm³/mol. The number of ether oxygens (including phenoxy) is 1. The molecular formula is C14H21N3O4. The van der Waals surface area contributed by atoms with Crippen LogP contribution in [0.25, 0.3) is 0 Å². The largest absolute Gasteiger partial charge is 0.481 e. The summed E-state index contributed by atoms with van der Waals surface area (Å²) in [7, 11) is 1.56. The lowest BCUT2D eigenvalue weighted by Crippen LogP contribution is -2.48. The quantitative estimate of drug-likeness (QED) is 0.786. The number of fused-ring (bicyclic) bond motifs is 2. The maximum atomic E-state index is 12.7. The Kier molecular flexibility index (Phi) is 5.02.